The summed E-state index contributed by atoms with van der Waals surface area (Å²) in [4.78, 5) is 0. The van der Waals surface area contributed by atoms with Crippen LogP contribution in [0.3, 0.4) is 0 Å². The average Bonchev–Trinajstić information content (AvgIpc) is 2.67. The van der Waals surface area contributed by atoms with Gasteiger partial charge in [0.15, 0.2) is 12.7 Å². The number of alkyl halides is 2. The molecule has 0 radical (unpaired) electrons. The molecule has 2 aliphatic rings. The maximum Gasteiger partial charge on any atom is 0.193 e. The lowest BCUT2D eigenvalue weighted by Crippen LogP contribution is -2.46. The van der Waals surface area contributed by atoms with Gasteiger partial charge in [0.2, 0.25) is 0 Å². The second-order valence-corrected chi connectivity index (χ2v) is 14.9. The van der Waals surface area contributed by atoms with Crippen LogP contribution in [-0.2, 0) is 4.43 Å². The van der Waals surface area contributed by atoms with Crippen molar-refractivity contribution in [3.8, 4) is 0 Å². The Balaban J connectivity index is 2.48. The summed E-state index contributed by atoms with van der Waals surface area (Å²) in [6.45, 7) is 17.7. The topological polar surface area (TPSA) is 9.23 Å². The van der Waals surface area contributed by atoms with Crippen molar-refractivity contribution in [2.45, 2.75) is 69.6 Å². The molecule has 0 spiro atoms. The van der Waals surface area contributed by atoms with E-state index in [9.17, 15) is 0 Å². The van der Waals surface area contributed by atoms with Crippen molar-refractivity contribution in [1.29, 1.82) is 0 Å². The first-order valence-electron chi connectivity index (χ1n) is 7.61. The minimum Gasteiger partial charge on any atom is -0.404 e. The Morgan fingerprint density at radius 3 is 1.86 bits per heavy atom. The predicted octanol–water partition coefficient (Wildman–Crippen LogP) is 6.09. The van der Waals surface area contributed by atoms with E-state index in [1.165, 1.54) is 0 Å². The predicted molar refractivity (Wildman–Crippen MR) is 95.6 cm³/mol. The molecule has 120 valence electrons. The Morgan fingerprint density at radius 2 is 1.38 bits per heavy atom. The van der Waals surface area contributed by atoms with Crippen LogP contribution >= 0.6 is 23.2 Å². The monoisotopic (exact) mass is 346 g/mol. The van der Waals surface area contributed by atoms with Crippen molar-refractivity contribution < 1.29 is 4.43 Å². The van der Waals surface area contributed by atoms with Crippen LogP contribution in [0.5, 0.6) is 0 Å². The third kappa shape index (κ3) is 2.29. The zero-order valence-corrected chi connectivity index (χ0v) is 17.0. The molecule has 21 heavy (non-hydrogen) atoms. The van der Waals surface area contributed by atoms with Gasteiger partial charge < -0.3 is 4.43 Å². The smallest absolute Gasteiger partial charge is 0.193 e. The molecule has 4 heteroatoms. The van der Waals surface area contributed by atoms with Gasteiger partial charge in [-0.15, -0.1) is 0 Å². The standard InChI is InChI=1S/C17H28Cl2OSi/c1-13(2,3)21(7,8)20-16-12-10-14(4,5)9-11-15(16,6)17(16,18)19/h9-12H,1-8H3. The van der Waals surface area contributed by atoms with Gasteiger partial charge in [0.1, 0.15) is 5.60 Å². The average molecular weight is 347 g/mol. The summed E-state index contributed by atoms with van der Waals surface area (Å²) in [6.07, 6.45) is 8.63. The summed E-state index contributed by atoms with van der Waals surface area (Å²) in [5.74, 6) is 0. The highest BCUT2D eigenvalue weighted by Crippen LogP contribution is 2.76. The van der Waals surface area contributed by atoms with E-state index in [4.69, 9.17) is 27.6 Å². The zero-order chi connectivity index (χ0) is 16.5. The van der Waals surface area contributed by atoms with Gasteiger partial charge >= 0.3 is 0 Å². The zero-order valence-electron chi connectivity index (χ0n) is 14.5. The summed E-state index contributed by atoms with van der Waals surface area (Å²) >= 11 is 13.4. The van der Waals surface area contributed by atoms with E-state index in [1.54, 1.807) is 0 Å². The van der Waals surface area contributed by atoms with Gasteiger partial charge in [-0.25, -0.2) is 0 Å². The number of halogens is 2. The second kappa shape index (κ2) is 4.40. The molecule has 0 aliphatic heterocycles. The van der Waals surface area contributed by atoms with E-state index in [0.29, 0.717) is 0 Å². The van der Waals surface area contributed by atoms with Gasteiger partial charge in [-0.1, -0.05) is 82.1 Å². The summed E-state index contributed by atoms with van der Waals surface area (Å²) in [7, 11) is -1.98. The minimum absolute atomic E-state index is 0.00405. The fourth-order valence-corrected chi connectivity index (χ4v) is 5.26. The number of rotatable bonds is 2. The molecule has 0 aromatic carbocycles. The number of fused-ring (bicyclic) bond motifs is 1. The van der Waals surface area contributed by atoms with Crippen molar-refractivity contribution in [2.75, 3.05) is 0 Å². The molecule has 0 bridgehead atoms. The van der Waals surface area contributed by atoms with E-state index in [2.05, 4.69) is 78.9 Å². The molecule has 1 nitrogen and oxygen atoms in total. The Morgan fingerprint density at radius 1 is 0.905 bits per heavy atom. The third-order valence-corrected chi connectivity index (χ3v) is 11.4. The summed E-state index contributed by atoms with van der Waals surface area (Å²) < 4.78 is 5.83. The molecule has 2 aliphatic carbocycles. The number of allylic oxidation sites excluding steroid dienone is 2. The fraction of sp³-hybridized carbons (Fsp3) is 0.765. The normalized spacial score (nSPS) is 37.0. The van der Waals surface area contributed by atoms with Gasteiger partial charge in [-0.3, -0.25) is 0 Å². The lowest BCUT2D eigenvalue weighted by Gasteiger charge is -2.40. The SMILES string of the molecule is CC1(C)C=CC2(C)C(Cl)(Cl)C2(O[Si](C)(C)C(C)(C)C)C=C1. The lowest BCUT2D eigenvalue weighted by atomic mass is 9.92. The van der Waals surface area contributed by atoms with Crippen LogP contribution in [0, 0.1) is 10.8 Å². The Bertz CT molecular complexity index is 513. The molecule has 0 aromatic rings. The van der Waals surface area contributed by atoms with Crippen molar-refractivity contribution in [2.24, 2.45) is 10.8 Å². The minimum atomic E-state index is -1.98. The van der Waals surface area contributed by atoms with Gasteiger partial charge in [-0.05, 0) is 25.1 Å². The molecule has 1 saturated carbocycles. The quantitative estimate of drug-likeness (QED) is 0.333. The summed E-state index contributed by atoms with van der Waals surface area (Å²) in [5.41, 5.74) is -0.983. The first kappa shape index (κ1) is 17.6. The van der Waals surface area contributed by atoms with E-state index < -0.39 is 18.3 Å². The van der Waals surface area contributed by atoms with Crippen LogP contribution in [0.1, 0.15) is 41.5 Å². The van der Waals surface area contributed by atoms with E-state index in [-0.39, 0.29) is 15.9 Å². The summed E-state index contributed by atoms with van der Waals surface area (Å²) in [5, 5.41) is 0.120. The van der Waals surface area contributed by atoms with E-state index >= 15 is 0 Å². The Labute approximate surface area is 140 Å². The second-order valence-electron chi connectivity index (χ2n) is 8.86. The van der Waals surface area contributed by atoms with Crippen molar-refractivity contribution >= 4 is 31.5 Å². The highest BCUT2D eigenvalue weighted by Gasteiger charge is 2.85. The van der Waals surface area contributed by atoms with Crippen molar-refractivity contribution in [1.82, 2.24) is 0 Å². The van der Waals surface area contributed by atoms with Crippen molar-refractivity contribution in [3.63, 3.8) is 0 Å². The molecule has 0 N–H and O–H groups in total. The molecule has 0 heterocycles. The molecule has 1 fully saturated rings. The molecular weight excluding hydrogens is 319 g/mol. The van der Waals surface area contributed by atoms with E-state index in [1.807, 2.05) is 0 Å². The van der Waals surface area contributed by atoms with Crippen LogP contribution in [-0.4, -0.2) is 18.3 Å². The van der Waals surface area contributed by atoms with E-state index in [0.717, 1.165) is 0 Å². The van der Waals surface area contributed by atoms with Crippen LogP contribution in [0.15, 0.2) is 24.3 Å². The van der Waals surface area contributed by atoms with Gasteiger partial charge in [0.05, 0.1) is 5.41 Å². The fourth-order valence-electron chi connectivity index (χ4n) is 2.68. The maximum absolute atomic E-state index is 6.73. The molecular formula is C17H28Cl2OSi. The highest BCUT2D eigenvalue weighted by atomic mass is 35.5. The van der Waals surface area contributed by atoms with Gasteiger partial charge in [0, 0.05) is 5.41 Å². The third-order valence-electron chi connectivity index (χ3n) is 5.64. The Hall–Kier alpha value is 0.237. The molecule has 2 unspecified atom stereocenters. The first-order chi connectivity index (χ1) is 9.12. The van der Waals surface area contributed by atoms with Gasteiger partial charge in [0.25, 0.3) is 0 Å². The maximum atomic E-state index is 6.73. The van der Waals surface area contributed by atoms with Crippen LogP contribution < -0.4 is 0 Å². The molecule has 0 amide bonds. The lowest BCUT2D eigenvalue weighted by molar-refractivity contribution is 0.173. The largest absolute Gasteiger partial charge is 0.404 e. The summed E-state index contributed by atoms with van der Waals surface area (Å²) in [6, 6.07) is 0. The van der Waals surface area contributed by atoms with Crippen LogP contribution in [0.4, 0.5) is 0 Å². The van der Waals surface area contributed by atoms with Crippen LogP contribution in [0.25, 0.3) is 0 Å². The molecule has 0 saturated heterocycles. The van der Waals surface area contributed by atoms with Gasteiger partial charge in [-0.2, -0.15) is 0 Å². The molecule has 0 aromatic heterocycles. The number of hydrogen-bond acceptors (Lipinski definition) is 1. The molecule has 2 atom stereocenters. The molecule has 2 rings (SSSR count). The van der Waals surface area contributed by atoms with Crippen molar-refractivity contribution in [3.05, 3.63) is 24.3 Å². The first-order valence-corrected chi connectivity index (χ1v) is 11.3. The van der Waals surface area contributed by atoms with Crippen LogP contribution in [0.2, 0.25) is 18.1 Å². The Kier molecular flexibility index (Phi) is 3.69. The highest BCUT2D eigenvalue weighted by molar-refractivity contribution is 6.74. The number of hydrogen-bond donors (Lipinski definition) is 0.